The highest BCUT2D eigenvalue weighted by Gasteiger charge is 2.40. The van der Waals surface area contributed by atoms with Gasteiger partial charge in [-0.25, -0.2) is 0 Å². The largest absolute Gasteiger partial charge is 0.388 e. The van der Waals surface area contributed by atoms with E-state index in [1.54, 1.807) is 49.1 Å². The zero-order valence-electron chi connectivity index (χ0n) is 22.5. The van der Waals surface area contributed by atoms with Gasteiger partial charge in [-0.3, -0.25) is 19.1 Å². The van der Waals surface area contributed by atoms with E-state index >= 15 is 0 Å². The summed E-state index contributed by atoms with van der Waals surface area (Å²) in [6.07, 6.45) is 3.17. The van der Waals surface area contributed by atoms with Crippen LogP contribution in [0.25, 0.3) is 11.3 Å². The number of aryl methyl sites for hydroxylation is 2. The van der Waals surface area contributed by atoms with Crippen LogP contribution >= 0.6 is 0 Å². The van der Waals surface area contributed by atoms with E-state index in [4.69, 9.17) is 0 Å². The van der Waals surface area contributed by atoms with E-state index in [-0.39, 0.29) is 30.7 Å². The second-order valence-corrected chi connectivity index (χ2v) is 10.1. The Morgan fingerprint density at radius 3 is 2.53 bits per heavy atom. The molecule has 1 fully saturated rings. The van der Waals surface area contributed by atoms with Gasteiger partial charge in [0.1, 0.15) is 0 Å². The Labute approximate surface area is 222 Å². The summed E-state index contributed by atoms with van der Waals surface area (Å²) in [7, 11) is 3.63. The predicted octanol–water partition coefficient (Wildman–Crippen LogP) is 3.31. The lowest BCUT2D eigenvalue weighted by Gasteiger charge is -2.29. The molecule has 1 aromatic heterocycles. The summed E-state index contributed by atoms with van der Waals surface area (Å²) in [5, 5.41) is 20.2. The van der Waals surface area contributed by atoms with Gasteiger partial charge in [-0.2, -0.15) is 5.10 Å². The van der Waals surface area contributed by atoms with Crippen molar-refractivity contribution < 1.29 is 19.5 Å². The number of aromatic nitrogens is 2. The molecule has 1 aliphatic rings. The standard InChI is InChI=1S/C29H35N5O4/c1-18-15-32-33(5)26(18)22-9-10-24(25(14-22)30-4)28(37)34(19(2)20(3)35)16-21-7-6-8-23(13-21)27(36)31-17-29(38)11-12-29/h6-10,13-15,19,30,38H,11-12,16-17H2,1-5H3,(H,31,36)/t19-/m1/s1. The first kappa shape index (κ1) is 27.1. The maximum atomic E-state index is 13.9. The van der Waals surface area contributed by atoms with E-state index in [1.807, 2.05) is 32.2 Å². The van der Waals surface area contributed by atoms with Crippen molar-refractivity contribution in [2.45, 2.75) is 51.8 Å². The number of anilines is 1. The first-order chi connectivity index (χ1) is 18.0. The molecule has 2 aromatic carbocycles. The topological polar surface area (TPSA) is 117 Å². The molecule has 3 N–H and O–H groups in total. The molecule has 4 rings (SSSR count). The number of hydrogen-bond donors (Lipinski definition) is 3. The number of amides is 2. The molecule has 1 saturated carbocycles. The second kappa shape index (κ2) is 10.8. The number of rotatable bonds is 10. The van der Waals surface area contributed by atoms with Crippen molar-refractivity contribution in [1.29, 1.82) is 0 Å². The Morgan fingerprint density at radius 2 is 1.92 bits per heavy atom. The molecule has 0 unspecified atom stereocenters. The van der Waals surface area contributed by atoms with Gasteiger partial charge in [0.2, 0.25) is 0 Å². The van der Waals surface area contributed by atoms with E-state index in [1.165, 1.54) is 11.8 Å². The SMILES string of the molecule is CNc1cc(-c2c(C)cnn2C)ccc1C(=O)N(Cc1cccc(C(=O)NCC2(O)CC2)c1)[C@H](C)C(C)=O. The fourth-order valence-electron chi connectivity index (χ4n) is 4.48. The van der Waals surface area contributed by atoms with Gasteiger partial charge in [-0.15, -0.1) is 0 Å². The summed E-state index contributed by atoms with van der Waals surface area (Å²) >= 11 is 0. The molecule has 1 aliphatic carbocycles. The summed E-state index contributed by atoms with van der Waals surface area (Å²) in [5.41, 5.74) is 4.34. The van der Waals surface area contributed by atoms with Gasteiger partial charge in [-0.05, 0) is 69.0 Å². The molecule has 0 aliphatic heterocycles. The predicted molar refractivity (Wildman–Crippen MR) is 146 cm³/mol. The Bertz CT molecular complexity index is 1360. The van der Waals surface area contributed by atoms with Gasteiger partial charge in [0, 0.05) is 44.0 Å². The van der Waals surface area contributed by atoms with Crippen molar-refractivity contribution in [3.63, 3.8) is 0 Å². The molecule has 9 heteroatoms. The van der Waals surface area contributed by atoms with Crippen molar-refractivity contribution in [2.75, 3.05) is 18.9 Å². The minimum absolute atomic E-state index is 0.141. The highest BCUT2D eigenvalue weighted by atomic mass is 16.3. The fourth-order valence-corrected chi connectivity index (χ4v) is 4.48. The molecule has 2 amide bonds. The molecule has 1 atom stereocenters. The lowest BCUT2D eigenvalue weighted by Crippen LogP contribution is -2.42. The van der Waals surface area contributed by atoms with Crippen LogP contribution in [0.15, 0.2) is 48.7 Å². The zero-order chi connectivity index (χ0) is 27.6. The van der Waals surface area contributed by atoms with Crippen LogP contribution in [0.3, 0.4) is 0 Å². The average Bonchev–Trinajstić information content (AvgIpc) is 3.55. The molecule has 1 heterocycles. The van der Waals surface area contributed by atoms with Crippen LogP contribution in [0, 0.1) is 6.92 Å². The van der Waals surface area contributed by atoms with E-state index in [0.717, 1.165) is 22.4 Å². The van der Waals surface area contributed by atoms with Crippen LogP contribution in [0.2, 0.25) is 0 Å². The van der Waals surface area contributed by atoms with Crippen LogP contribution in [-0.2, 0) is 18.4 Å². The minimum atomic E-state index is -0.788. The van der Waals surface area contributed by atoms with Crippen LogP contribution in [0.5, 0.6) is 0 Å². The summed E-state index contributed by atoms with van der Waals surface area (Å²) in [4.78, 5) is 40.4. The number of benzene rings is 2. The minimum Gasteiger partial charge on any atom is -0.388 e. The number of carbonyl (C=O) groups excluding carboxylic acids is 3. The van der Waals surface area contributed by atoms with Crippen molar-refractivity contribution in [1.82, 2.24) is 20.0 Å². The van der Waals surface area contributed by atoms with E-state index < -0.39 is 11.6 Å². The molecule has 200 valence electrons. The quantitative estimate of drug-likeness (QED) is 0.380. The summed E-state index contributed by atoms with van der Waals surface area (Å²) in [5.74, 6) is -0.725. The van der Waals surface area contributed by atoms with Gasteiger partial charge < -0.3 is 20.6 Å². The van der Waals surface area contributed by atoms with Crippen molar-refractivity contribution in [2.24, 2.45) is 7.05 Å². The fraction of sp³-hybridized carbons (Fsp3) is 0.379. The number of hydrogen-bond acceptors (Lipinski definition) is 6. The monoisotopic (exact) mass is 517 g/mol. The van der Waals surface area contributed by atoms with Gasteiger partial charge in [-0.1, -0.05) is 18.2 Å². The van der Waals surface area contributed by atoms with Crippen LogP contribution in [0.4, 0.5) is 5.69 Å². The Morgan fingerprint density at radius 1 is 1.18 bits per heavy atom. The molecule has 38 heavy (non-hydrogen) atoms. The van der Waals surface area contributed by atoms with E-state index in [0.29, 0.717) is 29.7 Å². The average molecular weight is 518 g/mol. The summed E-state index contributed by atoms with van der Waals surface area (Å²) in [6.45, 7) is 5.52. The molecule has 0 radical (unpaired) electrons. The first-order valence-electron chi connectivity index (χ1n) is 12.7. The van der Waals surface area contributed by atoms with E-state index in [9.17, 15) is 19.5 Å². The van der Waals surface area contributed by atoms with Crippen molar-refractivity contribution >= 4 is 23.3 Å². The van der Waals surface area contributed by atoms with Crippen LogP contribution < -0.4 is 10.6 Å². The number of ketones is 1. The number of nitrogens with one attached hydrogen (secondary N) is 2. The van der Waals surface area contributed by atoms with Crippen molar-refractivity contribution in [3.05, 3.63) is 70.9 Å². The third-order valence-corrected chi connectivity index (χ3v) is 7.18. The smallest absolute Gasteiger partial charge is 0.256 e. The molecular formula is C29H35N5O4. The number of carbonyl (C=O) groups is 3. The third kappa shape index (κ3) is 5.78. The van der Waals surface area contributed by atoms with Crippen LogP contribution in [0.1, 0.15) is 58.5 Å². The molecule has 0 spiro atoms. The van der Waals surface area contributed by atoms with Crippen molar-refractivity contribution in [3.8, 4) is 11.3 Å². The second-order valence-electron chi connectivity index (χ2n) is 10.1. The van der Waals surface area contributed by atoms with Gasteiger partial charge >= 0.3 is 0 Å². The maximum absolute atomic E-state index is 13.9. The Kier molecular flexibility index (Phi) is 7.68. The van der Waals surface area contributed by atoms with Gasteiger partial charge in [0.05, 0.1) is 29.1 Å². The molecule has 0 saturated heterocycles. The number of aliphatic hydroxyl groups is 1. The van der Waals surface area contributed by atoms with Gasteiger partial charge in [0.15, 0.2) is 5.78 Å². The highest BCUT2D eigenvalue weighted by molar-refractivity contribution is 6.02. The van der Waals surface area contributed by atoms with Gasteiger partial charge in [0.25, 0.3) is 11.8 Å². The number of Topliss-reactive ketones (excluding diaryl/α,β-unsaturated/α-hetero) is 1. The Hall–Kier alpha value is -3.98. The number of nitrogens with zero attached hydrogens (tertiary/aromatic N) is 3. The first-order valence-corrected chi connectivity index (χ1v) is 12.7. The molecular weight excluding hydrogens is 482 g/mol. The summed E-state index contributed by atoms with van der Waals surface area (Å²) in [6, 6.07) is 11.9. The molecule has 3 aromatic rings. The lowest BCUT2D eigenvalue weighted by atomic mass is 10.0. The van der Waals surface area contributed by atoms with Crippen LogP contribution in [-0.4, -0.2) is 62.6 Å². The maximum Gasteiger partial charge on any atom is 0.256 e. The highest BCUT2D eigenvalue weighted by Crippen LogP contribution is 2.34. The summed E-state index contributed by atoms with van der Waals surface area (Å²) < 4.78 is 1.80. The normalized spacial score (nSPS) is 14.5. The zero-order valence-corrected chi connectivity index (χ0v) is 22.5. The molecule has 0 bridgehead atoms. The lowest BCUT2D eigenvalue weighted by molar-refractivity contribution is -0.121. The Balaban J connectivity index is 1.61. The van der Waals surface area contributed by atoms with E-state index in [2.05, 4.69) is 15.7 Å². The third-order valence-electron chi connectivity index (χ3n) is 7.18. The molecule has 9 nitrogen and oxygen atoms in total.